The number of benzene rings is 2. The highest BCUT2D eigenvalue weighted by molar-refractivity contribution is 6.35. The summed E-state index contributed by atoms with van der Waals surface area (Å²) in [5, 5.41) is 1.37. The monoisotopic (exact) mass is 422 g/mol. The minimum Gasteiger partial charge on any atom is -0.336 e. The molecule has 5 nitrogen and oxygen atoms in total. The highest BCUT2D eigenvalue weighted by Crippen LogP contribution is 2.25. The second-order valence-corrected chi connectivity index (χ2v) is 7.84. The van der Waals surface area contributed by atoms with Crippen LogP contribution in [0, 0.1) is 0 Å². The summed E-state index contributed by atoms with van der Waals surface area (Å²) < 4.78 is 1.49. The molecule has 0 fully saturated rings. The molecule has 29 heavy (non-hydrogen) atoms. The number of halogens is 2. The largest absolute Gasteiger partial charge is 0.336 e. The molecule has 0 saturated carbocycles. The molecule has 0 atom stereocenters. The van der Waals surface area contributed by atoms with Crippen molar-refractivity contribution in [3.8, 4) is 5.69 Å². The van der Waals surface area contributed by atoms with Crippen molar-refractivity contribution in [3.63, 3.8) is 0 Å². The fourth-order valence-electron chi connectivity index (χ4n) is 3.70. The molecule has 3 heterocycles. The lowest BCUT2D eigenvalue weighted by Crippen LogP contribution is -2.31. The van der Waals surface area contributed by atoms with Crippen LogP contribution in [0.25, 0.3) is 16.6 Å². The quantitative estimate of drug-likeness (QED) is 0.471. The van der Waals surface area contributed by atoms with Crippen LogP contribution >= 0.6 is 23.2 Å². The van der Waals surface area contributed by atoms with Crippen LogP contribution in [0.5, 0.6) is 0 Å². The summed E-state index contributed by atoms with van der Waals surface area (Å²) >= 11 is 12.2. The Morgan fingerprint density at radius 2 is 1.83 bits per heavy atom. The zero-order valence-electron chi connectivity index (χ0n) is 15.3. The molecule has 0 saturated heterocycles. The third kappa shape index (κ3) is 3.26. The molecule has 0 N–H and O–H groups in total. The Balaban J connectivity index is 1.53. The van der Waals surface area contributed by atoms with Crippen molar-refractivity contribution in [2.45, 2.75) is 13.0 Å². The average Bonchev–Trinajstić information content (AvgIpc) is 2.74. The number of anilines is 1. The molecular formula is C22H16Cl2N4O. The summed E-state index contributed by atoms with van der Waals surface area (Å²) in [6.07, 6.45) is 4.23. The first-order chi connectivity index (χ1) is 14.1. The van der Waals surface area contributed by atoms with E-state index in [9.17, 15) is 4.79 Å². The molecule has 7 heteroatoms. The predicted molar refractivity (Wildman–Crippen MR) is 116 cm³/mol. The molecule has 0 spiro atoms. The molecular weight excluding hydrogens is 407 g/mol. The van der Waals surface area contributed by atoms with Crippen molar-refractivity contribution < 1.29 is 0 Å². The van der Waals surface area contributed by atoms with Gasteiger partial charge in [-0.1, -0.05) is 47.5 Å². The number of pyridine rings is 1. The normalized spacial score (nSPS) is 13.5. The van der Waals surface area contributed by atoms with E-state index in [0.717, 1.165) is 19.5 Å². The average molecular weight is 423 g/mol. The van der Waals surface area contributed by atoms with Gasteiger partial charge in [0.25, 0.3) is 5.56 Å². The number of hydrogen-bond acceptors (Lipinski definition) is 4. The fraction of sp³-hybridized carbons (Fsp3) is 0.136. The number of fused-ring (bicyclic) bond motifs is 2. The molecule has 0 amide bonds. The molecule has 1 aliphatic rings. The van der Waals surface area contributed by atoms with Crippen LogP contribution < -0.4 is 10.5 Å². The van der Waals surface area contributed by atoms with Gasteiger partial charge in [0, 0.05) is 30.5 Å². The molecule has 0 bridgehead atoms. The van der Waals surface area contributed by atoms with Crippen LogP contribution in [0.4, 0.5) is 5.95 Å². The van der Waals surface area contributed by atoms with Crippen molar-refractivity contribution in [3.05, 3.63) is 92.5 Å². The van der Waals surface area contributed by atoms with Gasteiger partial charge in [0.1, 0.15) is 0 Å². The Bertz CT molecular complexity index is 1300. The molecule has 0 aliphatic carbocycles. The molecule has 2 aromatic carbocycles. The summed E-state index contributed by atoms with van der Waals surface area (Å²) in [5.74, 6) is 0.633. The predicted octanol–water partition coefficient (Wildman–Crippen LogP) is 4.65. The third-order valence-corrected chi connectivity index (χ3v) is 5.76. The first kappa shape index (κ1) is 18.2. The molecule has 1 aliphatic heterocycles. The summed E-state index contributed by atoms with van der Waals surface area (Å²) in [6, 6.07) is 15.3. The van der Waals surface area contributed by atoms with Crippen LogP contribution in [0.3, 0.4) is 0 Å². The van der Waals surface area contributed by atoms with Crippen molar-refractivity contribution in [1.82, 2.24) is 14.5 Å². The number of aromatic nitrogens is 3. The van der Waals surface area contributed by atoms with Crippen LogP contribution in [-0.2, 0) is 13.0 Å². The lowest BCUT2D eigenvalue weighted by Gasteiger charge is -2.28. The highest BCUT2D eigenvalue weighted by Gasteiger charge is 2.19. The molecule has 4 aromatic rings. The van der Waals surface area contributed by atoms with Crippen LogP contribution in [0.2, 0.25) is 10.0 Å². The smallest absolute Gasteiger partial charge is 0.266 e. The number of nitrogens with zero attached hydrogens (tertiary/aromatic N) is 4. The Morgan fingerprint density at radius 1 is 1.00 bits per heavy atom. The third-order valence-electron chi connectivity index (χ3n) is 5.22. The maximum atomic E-state index is 13.0. The summed E-state index contributed by atoms with van der Waals surface area (Å²) in [6.45, 7) is 1.61. The molecule has 2 aromatic heterocycles. The van der Waals surface area contributed by atoms with Gasteiger partial charge in [-0.2, -0.15) is 0 Å². The van der Waals surface area contributed by atoms with Gasteiger partial charge in [0.05, 0.1) is 21.6 Å². The highest BCUT2D eigenvalue weighted by atomic mass is 35.5. The van der Waals surface area contributed by atoms with Crippen molar-refractivity contribution in [2.75, 3.05) is 11.4 Å². The maximum absolute atomic E-state index is 13.0. The van der Waals surface area contributed by atoms with Gasteiger partial charge >= 0.3 is 0 Å². The second-order valence-electron chi connectivity index (χ2n) is 7.00. The SMILES string of the molecule is O=c1c2cnc(N3CCc4ccccc4C3)nc2ccn1-c1ccc(Cl)cc1Cl. The minimum absolute atomic E-state index is 0.220. The van der Waals surface area contributed by atoms with E-state index in [-0.39, 0.29) is 5.56 Å². The van der Waals surface area contributed by atoms with Gasteiger partial charge in [0.2, 0.25) is 5.95 Å². The van der Waals surface area contributed by atoms with Gasteiger partial charge in [0.15, 0.2) is 0 Å². The van der Waals surface area contributed by atoms with E-state index < -0.39 is 0 Å². The van der Waals surface area contributed by atoms with E-state index in [0.29, 0.717) is 32.6 Å². The minimum atomic E-state index is -0.220. The second kappa shape index (κ2) is 7.17. The summed E-state index contributed by atoms with van der Waals surface area (Å²) in [5.41, 5.74) is 3.62. The van der Waals surface area contributed by atoms with E-state index in [2.05, 4.69) is 33.1 Å². The lowest BCUT2D eigenvalue weighted by molar-refractivity contribution is 0.710. The van der Waals surface area contributed by atoms with Gasteiger partial charge in [-0.25, -0.2) is 9.97 Å². The maximum Gasteiger partial charge on any atom is 0.266 e. The van der Waals surface area contributed by atoms with Gasteiger partial charge in [-0.05, 0) is 41.8 Å². The van der Waals surface area contributed by atoms with Crippen LogP contribution in [-0.4, -0.2) is 21.1 Å². The Labute approximate surface area is 177 Å². The zero-order valence-corrected chi connectivity index (χ0v) is 16.9. The van der Waals surface area contributed by atoms with E-state index in [1.165, 1.54) is 15.7 Å². The van der Waals surface area contributed by atoms with E-state index >= 15 is 0 Å². The van der Waals surface area contributed by atoms with Gasteiger partial charge < -0.3 is 4.90 Å². The van der Waals surface area contributed by atoms with Crippen LogP contribution in [0.15, 0.2) is 65.7 Å². The molecule has 0 radical (unpaired) electrons. The van der Waals surface area contributed by atoms with Crippen molar-refractivity contribution in [1.29, 1.82) is 0 Å². The lowest BCUT2D eigenvalue weighted by atomic mass is 10.0. The summed E-state index contributed by atoms with van der Waals surface area (Å²) in [4.78, 5) is 24.3. The standard InChI is InChI=1S/C22H16Cl2N4O/c23-16-5-6-20(18(24)11-16)28-10-8-19-17(21(28)29)12-25-22(26-19)27-9-7-14-3-1-2-4-15(14)13-27/h1-6,8,10-12H,7,9,13H2. The summed E-state index contributed by atoms with van der Waals surface area (Å²) in [7, 11) is 0. The Morgan fingerprint density at radius 3 is 2.66 bits per heavy atom. The Hall–Kier alpha value is -2.89. The van der Waals surface area contributed by atoms with Gasteiger partial charge in [-0.15, -0.1) is 0 Å². The van der Waals surface area contributed by atoms with Gasteiger partial charge in [-0.3, -0.25) is 9.36 Å². The first-order valence-corrected chi connectivity index (χ1v) is 10.0. The molecule has 5 rings (SSSR count). The van der Waals surface area contributed by atoms with E-state index in [1.54, 1.807) is 30.6 Å². The topological polar surface area (TPSA) is 51.0 Å². The fourth-order valence-corrected chi connectivity index (χ4v) is 4.20. The number of hydrogen-bond donors (Lipinski definition) is 0. The number of rotatable bonds is 2. The van der Waals surface area contributed by atoms with Crippen molar-refractivity contribution in [2.24, 2.45) is 0 Å². The Kier molecular flexibility index (Phi) is 4.49. The first-order valence-electron chi connectivity index (χ1n) is 9.26. The van der Waals surface area contributed by atoms with E-state index in [1.807, 2.05) is 12.1 Å². The molecule has 0 unspecified atom stereocenters. The van der Waals surface area contributed by atoms with Crippen molar-refractivity contribution >= 4 is 40.1 Å². The van der Waals surface area contributed by atoms with Crippen LogP contribution in [0.1, 0.15) is 11.1 Å². The van der Waals surface area contributed by atoms with E-state index in [4.69, 9.17) is 23.2 Å². The molecule has 144 valence electrons. The zero-order chi connectivity index (χ0) is 20.0.